The van der Waals surface area contributed by atoms with Crippen molar-refractivity contribution in [2.75, 3.05) is 5.32 Å². The standard InChI is InChI=1S/C19H16N4OS/c1-12-8-9-20-16(10-12)22-18(24)17-13(2)23-11-15(21-19(23)25-17)14-6-4-3-5-7-14/h3-11H,1-2H3,(H,20,22,24). The zero-order valence-corrected chi connectivity index (χ0v) is 14.7. The van der Waals surface area contributed by atoms with Crippen LogP contribution in [0.4, 0.5) is 5.82 Å². The van der Waals surface area contributed by atoms with Gasteiger partial charge in [-0.25, -0.2) is 9.97 Å². The van der Waals surface area contributed by atoms with Gasteiger partial charge in [0.25, 0.3) is 5.91 Å². The molecule has 124 valence electrons. The summed E-state index contributed by atoms with van der Waals surface area (Å²) in [7, 11) is 0. The van der Waals surface area contributed by atoms with Crippen LogP contribution in [0.5, 0.6) is 0 Å². The highest BCUT2D eigenvalue weighted by Crippen LogP contribution is 2.27. The first-order valence-corrected chi connectivity index (χ1v) is 8.71. The molecule has 0 fully saturated rings. The number of imidazole rings is 1. The van der Waals surface area contributed by atoms with Gasteiger partial charge in [-0.05, 0) is 31.5 Å². The number of aromatic nitrogens is 3. The number of aryl methyl sites for hydroxylation is 2. The second-order valence-corrected chi connectivity index (χ2v) is 6.81. The minimum atomic E-state index is -0.160. The number of hydrogen-bond donors (Lipinski definition) is 1. The Labute approximate surface area is 149 Å². The number of carbonyl (C=O) groups is 1. The van der Waals surface area contributed by atoms with Gasteiger partial charge in [0.05, 0.1) is 5.69 Å². The first-order chi connectivity index (χ1) is 12.1. The van der Waals surface area contributed by atoms with Crippen LogP contribution < -0.4 is 5.32 Å². The third-order valence-electron chi connectivity index (χ3n) is 3.99. The lowest BCUT2D eigenvalue weighted by atomic mass is 10.2. The molecule has 0 atom stereocenters. The number of pyridine rings is 1. The van der Waals surface area contributed by atoms with Crippen molar-refractivity contribution in [1.29, 1.82) is 0 Å². The third-order valence-corrected chi connectivity index (χ3v) is 5.15. The Kier molecular flexibility index (Phi) is 3.82. The molecule has 0 spiro atoms. The summed E-state index contributed by atoms with van der Waals surface area (Å²) in [6.07, 6.45) is 3.66. The van der Waals surface area contributed by atoms with Gasteiger partial charge in [-0.15, -0.1) is 0 Å². The van der Waals surface area contributed by atoms with Crippen molar-refractivity contribution < 1.29 is 4.79 Å². The monoisotopic (exact) mass is 348 g/mol. The highest BCUT2D eigenvalue weighted by Gasteiger charge is 2.18. The number of hydrogen-bond acceptors (Lipinski definition) is 4. The topological polar surface area (TPSA) is 59.3 Å². The van der Waals surface area contributed by atoms with E-state index in [4.69, 9.17) is 0 Å². The molecule has 6 heteroatoms. The van der Waals surface area contributed by atoms with Crippen LogP contribution in [0.25, 0.3) is 16.2 Å². The number of nitrogens with zero attached hydrogens (tertiary/aromatic N) is 3. The summed E-state index contributed by atoms with van der Waals surface area (Å²) >= 11 is 1.38. The van der Waals surface area contributed by atoms with E-state index in [0.717, 1.165) is 27.5 Å². The SMILES string of the molecule is Cc1ccnc(NC(=O)c2sc3nc(-c4ccccc4)cn3c2C)c1. The van der Waals surface area contributed by atoms with Crippen LogP contribution in [0.15, 0.2) is 54.9 Å². The molecule has 1 amide bonds. The molecule has 0 unspecified atom stereocenters. The maximum absolute atomic E-state index is 12.6. The van der Waals surface area contributed by atoms with Crippen LogP contribution in [-0.4, -0.2) is 20.3 Å². The van der Waals surface area contributed by atoms with Gasteiger partial charge in [0.1, 0.15) is 10.7 Å². The van der Waals surface area contributed by atoms with Crippen molar-refractivity contribution >= 4 is 28.0 Å². The van der Waals surface area contributed by atoms with Gasteiger partial charge in [-0.3, -0.25) is 9.20 Å². The van der Waals surface area contributed by atoms with Gasteiger partial charge >= 0.3 is 0 Å². The molecule has 3 heterocycles. The number of carbonyl (C=O) groups excluding carboxylic acids is 1. The summed E-state index contributed by atoms with van der Waals surface area (Å²) in [4.78, 5) is 22.9. The lowest BCUT2D eigenvalue weighted by Crippen LogP contribution is -2.13. The lowest BCUT2D eigenvalue weighted by molar-refractivity contribution is 0.102. The molecule has 0 aliphatic rings. The van der Waals surface area contributed by atoms with Crippen molar-refractivity contribution in [3.63, 3.8) is 0 Å². The zero-order chi connectivity index (χ0) is 17.4. The van der Waals surface area contributed by atoms with E-state index in [9.17, 15) is 4.79 Å². The smallest absolute Gasteiger partial charge is 0.268 e. The molecular formula is C19H16N4OS. The maximum atomic E-state index is 12.6. The summed E-state index contributed by atoms with van der Waals surface area (Å²) in [5, 5.41) is 2.86. The molecule has 0 bridgehead atoms. The Morgan fingerprint density at radius 2 is 1.96 bits per heavy atom. The average Bonchev–Trinajstić information content (AvgIpc) is 3.15. The van der Waals surface area contributed by atoms with E-state index >= 15 is 0 Å². The van der Waals surface area contributed by atoms with Crippen LogP contribution in [0, 0.1) is 13.8 Å². The molecule has 4 aromatic rings. The molecule has 0 saturated carbocycles. The first-order valence-electron chi connectivity index (χ1n) is 7.90. The fourth-order valence-corrected chi connectivity index (χ4v) is 3.69. The van der Waals surface area contributed by atoms with E-state index in [0.29, 0.717) is 10.7 Å². The van der Waals surface area contributed by atoms with E-state index in [2.05, 4.69) is 15.3 Å². The second-order valence-electron chi connectivity index (χ2n) is 5.83. The van der Waals surface area contributed by atoms with Gasteiger partial charge in [-0.2, -0.15) is 0 Å². The third kappa shape index (κ3) is 2.92. The van der Waals surface area contributed by atoms with Crippen molar-refractivity contribution in [2.24, 2.45) is 0 Å². The molecule has 0 aliphatic carbocycles. The second kappa shape index (κ2) is 6.14. The fourth-order valence-electron chi connectivity index (χ4n) is 2.69. The maximum Gasteiger partial charge on any atom is 0.268 e. The van der Waals surface area contributed by atoms with E-state index < -0.39 is 0 Å². The number of fused-ring (bicyclic) bond motifs is 1. The van der Waals surface area contributed by atoms with Crippen molar-refractivity contribution in [3.8, 4) is 11.3 Å². The fraction of sp³-hybridized carbons (Fsp3) is 0.105. The van der Waals surface area contributed by atoms with Gasteiger partial charge in [0.2, 0.25) is 0 Å². The first kappa shape index (κ1) is 15.5. The molecule has 3 aromatic heterocycles. The van der Waals surface area contributed by atoms with Gasteiger partial charge in [-0.1, -0.05) is 41.7 Å². The molecule has 1 N–H and O–H groups in total. The highest BCUT2D eigenvalue weighted by molar-refractivity contribution is 7.19. The molecule has 4 rings (SSSR count). The highest BCUT2D eigenvalue weighted by atomic mass is 32.1. The Balaban J connectivity index is 1.66. The Morgan fingerprint density at radius 1 is 1.16 bits per heavy atom. The van der Waals surface area contributed by atoms with Gasteiger partial charge in [0.15, 0.2) is 4.96 Å². The summed E-state index contributed by atoms with van der Waals surface area (Å²) in [6.45, 7) is 3.89. The zero-order valence-electron chi connectivity index (χ0n) is 13.9. The van der Waals surface area contributed by atoms with E-state index in [1.165, 1.54) is 11.3 Å². The molecule has 0 radical (unpaired) electrons. The average molecular weight is 348 g/mol. The number of nitrogens with one attached hydrogen (secondary N) is 1. The molecule has 1 aromatic carbocycles. The van der Waals surface area contributed by atoms with Crippen LogP contribution >= 0.6 is 11.3 Å². The quantitative estimate of drug-likeness (QED) is 0.599. The normalized spacial score (nSPS) is 11.0. The van der Waals surface area contributed by atoms with Crippen LogP contribution in [0.3, 0.4) is 0 Å². The Morgan fingerprint density at radius 3 is 2.68 bits per heavy atom. The largest absolute Gasteiger partial charge is 0.306 e. The summed E-state index contributed by atoms with van der Waals surface area (Å²) in [6, 6.07) is 13.8. The number of anilines is 1. The van der Waals surface area contributed by atoms with Gasteiger partial charge < -0.3 is 5.32 Å². The van der Waals surface area contributed by atoms with E-state index in [1.54, 1.807) is 6.20 Å². The molecule has 0 saturated heterocycles. The molecule has 0 aliphatic heterocycles. The summed E-state index contributed by atoms with van der Waals surface area (Å²) < 4.78 is 1.96. The molecular weight excluding hydrogens is 332 g/mol. The number of benzene rings is 1. The minimum absolute atomic E-state index is 0.160. The minimum Gasteiger partial charge on any atom is -0.306 e. The van der Waals surface area contributed by atoms with Crippen LogP contribution in [-0.2, 0) is 0 Å². The van der Waals surface area contributed by atoms with Crippen LogP contribution in [0.2, 0.25) is 0 Å². The van der Waals surface area contributed by atoms with Crippen molar-refractivity contribution in [1.82, 2.24) is 14.4 Å². The molecule has 25 heavy (non-hydrogen) atoms. The van der Waals surface area contributed by atoms with E-state index in [-0.39, 0.29) is 5.91 Å². The summed E-state index contributed by atoms with van der Waals surface area (Å²) in [5.41, 5.74) is 3.89. The lowest BCUT2D eigenvalue weighted by Gasteiger charge is -2.04. The van der Waals surface area contributed by atoms with Crippen molar-refractivity contribution in [2.45, 2.75) is 13.8 Å². The predicted octanol–water partition coefficient (Wildman–Crippen LogP) is 4.33. The van der Waals surface area contributed by atoms with Crippen molar-refractivity contribution in [3.05, 3.63) is 71.0 Å². The summed E-state index contributed by atoms with van der Waals surface area (Å²) in [5.74, 6) is 0.396. The molecule has 5 nitrogen and oxygen atoms in total. The number of amides is 1. The van der Waals surface area contributed by atoms with E-state index in [1.807, 2.05) is 66.9 Å². The predicted molar refractivity (Wildman–Crippen MR) is 100 cm³/mol. The Hall–Kier alpha value is -2.99. The van der Waals surface area contributed by atoms with Gasteiger partial charge in [0, 0.05) is 23.7 Å². The number of rotatable bonds is 3. The number of thiazole rings is 1. The van der Waals surface area contributed by atoms with Crippen LogP contribution in [0.1, 0.15) is 20.9 Å². The Bertz CT molecular complexity index is 1070.